The van der Waals surface area contributed by atoms with Gasteiger partial charge in [-0.15, -0.1) is 0 Å². The van der Waals surface area contributed by atoms with E-state index in [1.54, 1.807) is 0 Å². The van der Waals surface area contributed by atoms with Gasteiger partial charge >= 0.3 is 6.09 Å². The summed E-state index contributed by atoms with van der Waals surface area (Å²) in [6.45, 7) is 1.79. The van der Waals surface area contributed by atoms with Gasteiger partial charge in [-0.3, -0.25) is 14.5 Å². The highest BCUT2D eigenvalue weighted by Gasteiger charge is 2.34. The number of aliphatic hydroxyl groups excluding tert-OH is 1. The van der Waals surface area contributed by atoms with Crippen molar-refractivity contribution in [2.45, 2.75) is 13.0 Å². The lowest BCUT2D eigenvalue weighted by Crippen LogP contribution is -2.50. The monoisotopic (exact) mass is 412 g/mol. The molecule has 2 aliphatic heterocycles. The first-order chi connectivity index (χ1) is 13.8. The molecule has 0 radical (unpaired) electrons. The number of hydrogen-bond acceptors (Lipinski definition) is 6. The van der Waals surface area contributed by atoms with Crippen molar-refractivity contribution in [3.8, 4) is 0 Å². The quantitative estimate of drug-likeness (QED) is 0.710. The van der Waals surface area contributed by atoms with Crippen molar-refractivity contribution in [1.82, 2.24) is 10.2 Å². The van der Waals surface area contributed by atoms with Gasteiger partial charge in [0.25, 0.3) is 0 Å². The average molecular weight is 412 g/mol. The number of anilines is 2. The van der Waals surface area contributed by atoms with Crippen LogP contribution in [0.4, 0.5) is 25.0 Å². The number of benzene rings is 1. The maximum absolute atomic E-state index is 14.7. The molecule has 3 rings (SSSR count). The number of ether oxygens (including phenoxy) is 1. The van der Waals surface area contributed by atoms with Crippen LogP contribution >= 0.6 is 0 Å². The van der Waals surface area contributed by atoms with Crippen molar-refractivity contribution in [3.63, 3.8) is 0 Å². The third-order valence-electron chi connectivity index (χ3n) is 4.85. The van der Waals surface area contributed by atoms with Crippen LogP contribution in [0.3, 0.4) is 0 Å². The average Bonchev–Trinajstić information content (AvgIpc) is 3.06. The molecule has 3 amide bonds. The zero-order valence-corrected chi connectivity index (χ0v) is 15.9. The van der Waals surface area contributed by atoms with E-state index in [-0.39, 0.29) is 56.6 Å². The Balaban J connectivity index is 1.71. The summed E-state index contributed by atoms with van der Waals surface area (Å²) in [5.41, 5.74) is -0.208. The van der Waals surface area contributed by atoms with Gasteiger partial charge in [-0.2, -0.15) is 0 Å². The fourth-order valence-corrected chi connectivity index (χ4v) is 3.39. The molecule has 9 nitrogen and oxygen atoms in total. The van der Waals surface area contributed by atoms with Gasteiger partial charge in [0.2, 0.25) is 11.8 Å². The van der Waals surface area contributed by atoms with Crippen molar-refractivity contribution in [2.24, 2.45) is 0 Å². The number of aliphatic hydroxyl groups is 1. The molecule has 1 atom stereocenters. The summed E-state index contributed by atoms with van der Waals surface area (Å²) in [4.78, 5) is 38.6. The van der Waals surface area contributed by atoms with Gasteiger partial charge in [-0.25, -0.2) is 13.6 Å². The normalized spacial score (nSPS) is 19.4. The molecule has 1 aromatic rings. The zero-order chi connectivity index (χ0) is 21.1. The summed E-state index contributed by atoms with van der Waals surface area (Å²) in [5.74, 6) is -2.37. The smallest absolute Gasteiger partial charge is 0.414 e. The van der Waals surface area contributed by atoms with Crippen LogP contribution in [0, 0.1) is 11.6 Å². The Labute approximate surface area is 165 Å². The summed E-state index contributed by atoms with van der Waals surface area (Å²) in [7, 11) is 0. The van der Waals surface area contributed by atoms with Crippen molar-refractivity contribution in [3.05, 3.63) is 23.8 Å². The van der Waals surface area contributed by atoms with Crippen LogP contribution in [-0.4, -0.2) is 79.9 Å². The first kappa shape index (κ1) is 20.8. The first-order valence-electron chi connectivity index (χ1n) is 9.15. The number of cyclic esters (lactones) is 1. The summed E-state index contributed by atoms with van der Waals surface area (Å²) in [6.07, 6.45) is -1.36. The molecule has 2 aliphatic rings. The Hall–Kier alpha value is -2.95. The molecule has 158 valence electrons. The maximum atomic E-state index is 14.7. The van der Waals surface area contributed by atoms with Gasteiger partial charge in [0.05, 0.1) is 18.8 Å². The van der Waals surface area contributed by atoms with E-state index in [4.69, 9.17) is 9.84 Å². The van der Waals surface area contributed by atoms with E-state index >= 15 is 0 Å². The highest BCUT2D eigenvalue weighted by atomic mass is 19.1. The van der Waals surface area contributed by atoms with Gasteiger partial charge in [0, 0.05) is 45.2 Å². The molecule has 2 fully saturated rings. The number of amides is 3. The van der Waals surface area contributed by atoms with E-state index in [1.165, 1.54) is 16.7 Å². The first-order valence-corrected chi connectivity index (χ1v) is 9.15. The van der Waals surface area contributed by atoms with E-state index in [0.29, 0.717) is 0 Å². The number of hydrogen-bond donors (Lipinski definition) is 2. The Morgan fingerprint density at radius 1 is 1.21 bits per heavy atom. The summed E-state index contributed by atoms with van der Waals surface area (Å²) in [5, 5.41) is 11.4. The van der Waals surface area contributed by atoms with Crippen LogP contribution < -0.4 is 15.1 Å². The SMILES string of the molecule is CC(=O)NCC1CN(c2cc(F)c(N3CCN(C(=O)CO)CC3)c(F)c2)C(=O)O1. The van der Waals surface area contributed by atoms with Gasteiger partial charge < -0.3 is 25.0 Å². The van der Waals surface area contributed by atoms with Gasteiger partial charge in [-0.05, 0) is 0 Å². The summed E-state index contributed by atoms with van der Waals surface area (Å²) in [6, 6.07) is 2.12. The molecule has 11 heteroatoms. The van der Waals surface area contributed by atoms with E-state index in [2.05, 4.69) is 5.32 Å². The largest absolute Gasteiger partial charge is 0.442 e. The van der Waals surface area contributed by atoms with Crippen molar-refractivity contribution >= 4 is 29.3 Å². The highest BCUT2D eigenvalue weighted by Crippen LogP contribution is 2.31. The third-order valence-corrected chi connectivity index (χ3v) is 4.85. The second-order valence-electron chi connectivity index (χ2n) is 6.84. The number of rotatable bonds is 5. The number of piperazine rings is 1. The second-order valence-corrected chi connectivity index (χ2v) is 6.84. The Morgan fingerprint density at radius 2 is 1.83 bits per heavy atom. The molecule has 2 N–H and O–H groups in total. The van der Waals surface area contributed by atoms with Crippen LogP contribution in [0.2, 0.25) is 0 Å². The molecule has 1 unspecified atom stereocenters. The predicted molar refractivity (Wildman–Crippen MR) is 98.5 cm³/mol. The predicted octanol–water partition coefficient (Wildman–Crippen LogP) is 0.0670. The lowest BCUT2D eigenvalue weighted by atomic mass is 10.2. The molecule has 0 bridgehead atoms. The van der Waals surface area contributed by atoms with Crippen LogP contribution in [0.5, 0.6) is 0 Å². The zero-order valence-electron chi connectivity index (χ0n) is 15.9. The van der Waals surface area contributed by atoms with E-state index in [0.717, 1.165) is 17.0 Å². The molecule has 0 saturated carbocycles. The van der Waals surface area contributed by atoms with Crippen molar-refractivity contribution in [1.29, 1.82) is 0 Å². The fourth-order valence-electron chi connectivity index (χ4n) is 3.39. The highest BCUT2D eigenvalue weighted by molar-refractivity contribution is 5.90. The van der Waals surface area contributed by atoms with Crippen LogP contribution in [0.25, 0.3) is 0 Å². The van der Waals surface area contributed by atoms with E-state index < -0.39 is 36.3 Å². The van der Waals surface area contributed by atoms with Gasteiger partial charge in [-0.1, -0.05) is 0 Å². The topological polar surface area (TPSA) is 102 Å². The van der Waals surface area contributed by atoms with Crippen LogP contribution in [0.1, 0.15) is 6.92 Å². The fraction of sp³-hybridized carbons (Fsp3) is 0.500. The molecule has 2 saturated heterocycles. The van der Waals surface area contributed by atoms with Crippen LogP contribution in [-0.2, 0) is 14.3 Å². The third kappa shape index (κ3) is 4.56. The van der Waals surface area contributed by atoms with Crippen LogP contribution in [0.15, 0.2) is 12.1 Å². The second kappa shape index (κ2) is 8.60. The number of carbonyl (C=O) groups excluding carboxylic acids is 3. The molecule has 0 aromatic heterocycles. The molecule has 2 heterocycles. The summed E-state index contributed by atoms with van der Waals surface area (Å²) >= 11 is 0. The molecular formula is C18H22F2N4O5. The summed E-state index contributed by atoms with van der Waals surface area (Å²) < 4.78 is 34.5. The lowest BCUT2D eigenvalue weighted by Gasteiger charge is -2.36. The Bertz CT molecular complexity index is 790. The maximum Gasteiger partial charge on any atom is 0.414 e. The van der Waals surface area contributed by atoms with E-state index in [9.17, 15) is 23.2 Å². The molecule has 0 spiro atoms. The lowest BCUT2D eigenvalue weighted by molar-refractivity contribution is -0.134. The Morgan fingerprint density at radius 3 is 2.38 bits per heavy atom. The van der Waals surface area contributed by atoms with Gasteiger partial charge in [0.1, 0.15) is 18.4 Å². The number of nitrogens with zero attached hydrogens (tertiary/aromatic N) is 3. The molecule has 1 aromatic carbocycles. The van der Waals surface area contributed by atoms with Crippen molar-refractivity contribution < 1.29 is 33.0 Å². The van der Waals surface area contributed by atoms with E-state index in [1.807, 2.05) is 0 Å². The molecular weight excluding hydrogens is 390 g/mol. The van der Waals surface area contributed by atoms with Gasteiger partial charge in [0.15, 0.2) is 11.6 Å². The Kier molecular flexibility index (Phi) is 6.16. The number of nitrogens with one attached hydrogen (secondary N) is 1. The standard InChI is InChI=1S/C18H22F2N4O5/c1-11(26)21-8-13-9-24(18(28)29-13)12-6-14(19)17(15(20)7-12)23-4-2-22(3-5-23)16(27)10-25/h6-7,13,25H,2-5,8-10H2,1H3,(H,21,26). The minimum atomic E-state index is -0.833. The minimum Gasteiger partial charge on any atom is -0.442 e. The molecule has 29 heavy (non-hydrogen) atoms. The number of halogens is 2. The molecule has 0 aliphatic carbocycles. The van der Waals surface area contributed by atoms with Crippen molar-refractivity contribution in [2.75, 3.05) is 55.7 Å². The minimum absolute atomic E-state index is 0.0215. The number of carbonyl (C=O) groups is 3.